The van der Waals surface area contributed by atoms with Crippen LogP contribution in [-0.4, -0.2) is 48.2 Å². The third kappa shape index (κ3) is 3.98. The van der Waals surface area contributed by atoms with E-state index in [-0.39, 0.29) is 11.8 Å². The van der Waals surface area contributed by atoms with Gasteiger partial charge in [-0.2, -0.15) is 0 Å². The molecule has 1 fully saturated rings. The first-order valence-corrected chi connectivity index (χ1v) is 5.96. The zero-order valence-corrected chi connectivity index (χ0v) is 10.5. The Bertz CT molecular complexity index is 240. The van der Waals surface area contributed by atoms with Crippen LogP contribution in [0, 0.1) is 5.92 Å². The molecular formula is C11H24N4O. The molecule has 1 aliphatic carbocycles. The van der Waals surface area contributed by atoms with Crippen molar-refractivity contribution in [3.63, 3.8) is 0 Å². The maximum atomic E-state index is 8.51. The summed E-state index contributed by atoms with van der Waals surface area (Å²) in [5.74, 6) is 0.360. The molecule has 2 unspecified atom stereocenters. The van der Waals surface area contributed by atoms with E-state index in [1.807, 2.05) is 6.92 Å². The minimum Gasteiger partial charge on any atom is -0.409 e. The van der Waals surface area contributed by atoms with Crippen molar-refractivity contribution in [3.8, 4) is 0 Å². The van der Waals surface area contributed by atoms with Gasteiger partial charge in [-0.1, -0.05) is 12.1 Å². The van der Waals surface area contributed by atoms with Gasteiger partial charge in [0.05, 0.1) is 0 Å². The van der Waals surface area contributed by atoms with Gasteiger partial charge in [-0.3, -0.25) is 4.90 Å². The van der Waals surface area contributed by atoms with Gasteiger partial charge >= 0.3 is 0 Å². The molecule has 5 heteroatoms. The Labute approximate surface area is 97.7 Å². The lowest BCUT2D eigenvalue weighted by molar-refractivity contribution is 0.240. The third-order valence-electron chi connectivity index (χ3n) is 3.33. The van der Waals surface area contributed by atoms with Crippen LogP contribution in [0.15, 0.2) is 5.16 Å². The van der Waals surface area contributed by atoms with Gasteiger partial charge in [0.1, 0.15) is 5.84 Å². The first-order valence-electron chi connectivity index (χ1n) is 5.96. The monoisotopic (exact) mass is 228 g/mol. The van der Waals surface area contributed by atoms with Gasteiger partial charge in [-0.05, 0) is 26.8 Å². The summed E-state index contributed by atoms with van der Waals surface area (Å²) in [6.45, 7) is 5.85. The Kier molecular flexibility index (Phi) is 5.02. The van der Waals surface area contributed by atoms with Crippen molar-refractivity contribution in [1.29, 1.82) is 0 Å². The zero-order chi connectivity index (χ0) is 12.1. The van der Waals surface area contributed by atoms with Gasteiger partial charge in [-0.15, -0.1) is 0 Å². The van der Waals surface area contributed by atoms with Crippen molar-refractivity contribution in [2.75, 3.05) is 20.1 Å². The number of amidine groups is 1. The van der Waals surface area contributed by atoms with Gasteiger partial charge in [0.15, 0.2) is 0 Å². The van der Waals surface area contributed by atoms with E-state index < -0.39 is 0 Å². The van der Waals surface area contributed by atoms with Gasteiger partial charge in [-0.25, -0.2) is 0 Å². The molecule has 0 saturated heterocycles. The SMILES string of the molecule is CC(CNCC(C)N(C)C1CC1)C(N)=NO. The molecule has 4 N–H and O–H groups in total. The van der Waals surface area contributed by atoms with Crippen molar-refractivity contribution in [2.45, 2.75) is 38.8 Å². The summed E-state index contributed by atoms with van der Waals surface area (Å²) in [5, 5.41) is 14.9. The molecule has 0 amide bonds. The second-order valence-corrected chi connectivity index (χ2v) is 4.83. The highest BCUT2D eigenvalue weighted by atomic mass is 16.4. The van der Waals surface area contributed by atoms with E-state index in [0.717, 1.165) is 19.1 Å². The zero-order valence-electron chi connectivity index (χ0n) is 10.5. The second kappa shape index (κ2) is 6.06. The summed E-state index contributed by atoms with van der Waals surface area (Å²) < 4.78 is 0. The first-order chi connectivity index (χ1) is 7.56. The second-order valence-electron chi connectivity index (χ2n) is 4.83. The Morgan fingerprint density at radius 3 is 2.62 bits per heavy atom. The molecule has 0 aliphatic heterocycles. The van der Waals surface area contributed by atoms with Gasteiger partial charge in [0.25, 0.3) is 0 Å². The van der Waals surface area contributed by atoms with E-state index in [0.29, 0.717) is 6.04 Å². The molecule has 0 heterocycles. The molecule has 5 nitrogen and oxygen atoms in total. The molecule has 2 atom stereocenters. The number of nitrogens with zero attached hydrogens (tertiary/aromatic N) is 2. The highest BCUT2D eigenvalue weighted by molar-refractivity contribution is 5.82. The van der Waals surface area contributed by atoms with Crippen LogP contribution >= 0.6 is 0 Å². The largest absolute Gasteiger partial charge is 0.409 e. The fourth-order valence-corrected chi connectivity index (χ4v) is 1.70. The van der Waals surface area contributed by atoms with Crippen molar-refractivity contribution in [1.82, 2.24) is 10.2 Å². The molecule has 94 valence electrons. The average Bonchev–Trinajstić information content (AvgIpc) is 3.10. The Balaban J connectivity index is 2.14. The van der Waals surface area contributed by atoms with Crippen LogP contribution < -0.4 is 11.1 Å². The molecule has 0 radical (unpaired) electrons. The topological polar surface area (TPSA) is 73.9 Å². The standard InChI is InChI=1S/C11H24N4O/c1-8(11(12)14-16)6-13-7-9(2)15(3)10-4-5-10/h8-10,13,16H,4-7H2,1-3H3,(H2,12,14). The van der Waals surface area contributed by atoms with Crippen molar-refractivity contribution < 1.29 is 5.21 Å². The summed E-state index contributed by atoms with van der Waals surface area (Å²) in [5.41, 5.74) is 5.50. The number of rotatable bonds is 7. The van der Waals surface area contributed by atoms with E-state index in [2.05, 4.69) is 29.3 Å². The lowest BCUT2D eigenvalue weighted by Gasteiger charge is -2.25. The first kappa shape index (κ1) is 13.3. The Morgan fingerprint density at radius 1 is 1.50 bits per heavy atom. The van der Waals surface area contributed by atoms with Crippen LogP contribution in [0.3, 0.4) is 0 Å². The normalized spacial score (nSPS) is 21.1. The minimum atomic E-state index is 0.0726. The van der Waals surface area contributed by atoms with Crippen molar-refractivity contribution >= 4 is 5.84 Å². The summed E-state index contributed by atoms with van der Waals surface area (Å²) in [6, 6.07) is 1.32. The predicted octanol–water partition coefficient (Wildman–Crippen LogP) is 0.441. The summed E-state index contributed by atoms with van der Waals surface area (Å²) in [7, 11) is 2.18. The van der Waals surface area contributed by atoms with Crippen LogP contribution in [0.1, 0.15) is 26.7 Å². The Hall–Kier alpha value is -0.810. The average molecular weight is 228 g/mol. The molecular weight excluding hydrogens is 204 g/mol. The molecule has 1 aliphatic rings. The lowest BCUT2D eigenvalue weighted by atomic mass is 10.1. The van der Waals surface area contributed by atoms with Crippen LogP contribution in [-0.2, 0) is 0 Å². The van der Waals surface area contributed by atoms with Gasteiger partial charge in [0.2, 0.25) is 0 Å². The maximum Gasteiger partial charge on any atom is 0.143 e. The van der Waals surface area contributed by atoms with E-state index in [1.54, 1.807) is 0 Å². The summed E-state index contributed by atoms with van der Waals surface area (Å²) in [4.78, 5) is 2.42. The molecule has 0 spiro atoms. The number of nitrogens with two attached hydrogens (primary N) is 1. The fourth-order valence-electron chi connectivity index (χ4n) is 1.70. The smallest absolute Gasteiger partial charge is 0.143 e. The number of nitrogens with one attached hydrogen (secondary N) is 1. The molecule has 0 aromatic rings. The number of hydrogen-bond acceptors (Lipinski definition) is 4. The van der Waals surface area contributed by atoms with Crippen LogP contribution in [0.2, 0.25) is 0 Å². The summed E-state index contributed by atoms with van der Waals surface area (Å²) >= 11 is 0. The van der Waals surface area contributed by atoms with Gasteiger partial charge < -0.3 is 16.3 Å². The van der Waals surface area contributed by atoms with Crippen LogP contribution in [0.4, 0.5) is 0 Å². The van der Waals surface area contributed by atoms with Crippen LogP contribution in [0.25, 0.3) is 0 Å². The molecule has 16 heavy (non-hydrogen) atoms. The van der Waals surface area contributed by atoms with E-state index in [4.69, 9.17) is 10.9 Å². The molecule has 0 bridgehead atoms. The third-order valence-corrected chi connectivity index (χ3v) is 3.33. The highest BCUT2D eigenvalue weighted by Gasteiger charge is 2.28. The molecule has 0 aromatic heterocycles. The van der Waals surface area contributed by atoms with Crippen LogP contribution in [0.5, 0.6) is 0 Å². The molecule has 1 rings (SSSR count). The molecule has 1 saturated carbocycles. The van der Waals surface area contributed by atoms with E-state index >= 15 is 0 Å². The highest BCUT2D eigenvalue weighted by Crippen LogP contribution is 2.26. The number of hydrogen-bond donors (Lipinski definition) is 3. The lowest BCUT2D eigenvalue weighted by Crippen LogP contribution is -2.41. The van der Waals surface area contributed by atoms with Gasteiger partial charge in [0, 0.05) is 31.1 Å². The van der Waals surface area contributed by atoms with Crippen molar-refractivity contribution in [2.24, 2.45) is 16.8 Å². The minimum absolute atomic E-state index is 0.0726. The van der Waals surface area contributed by atoms with E-state index in [9.17, 15) is 0 Å². The number of oxime groups is 1. The van der Waals surface area contributed by atoms with Crippen molar-refractivity contribution in [3.05, 3.63) is 0 Å². The molecule has 0 aromatic carbocycles. The maximum absolute atomic E-state index is 8.51. The number of likely N-dealkylation sites (N-methyl/N-ethyl adjacent to an activating group) is 1. The Morgan fingerprint density at radius 2 is 2.12 bits per heavy atom. The van der Waals surface area contributed by atoms with E-state index in [1.165, 1.54) is 12.8 Å². The quantitative estimate of drug-likeness (QED) is 0.256. The predicted molar refractivity (Wildman–Crippen MR) is 65.7 cm³/mol. The fraction of sp³-hybridized carbons (Fsp3) is 0.909. The summed E-state index contributed by atoms with van der Waals surface area (Å²) in [6.07, 6.45) is 2.67.